The number of hydrogen-bond donors (Lipinski definition) is 2. The Labute approximate surface area is 314 Å². The van der Waals surface area contributed by atoms with Crippen molar-refractivity contribution in [1.29, 1.82) is 0 Å². The Balaban J connectivity index is 1.33. The van der Waals surface area contributed by atoms with Gasteiger partial charge in [0.15, 0.2) is 5.75 Å². The number of halogens is 7. The Bertz CT molecular complexity index is 1940. The van der Waals surface area contributed by atoms with E-state index in [2.05, 4.69) is 5.32 Å². The molecule has 288 valence electrons. The molecule has 0 radical (unpaired) electrons. The van der Waals surface area contributed by atoms with Crippen LogP contribution in [0.1, 0.15) is 57.6 Å². The normalized spacial score (nSPS) is 17.0. The molecule has 14 heteroatoms. The van der Waals surface area contributed by atoms with Crippen molar-refractivity contribution in [3.05, 3.63) is 129 Å². The van der Waals surface area contributed by atoms with Crippen LogP contribution >= 0.6 is 11.6 Å². The number of carbonyl (C=O) groups excluding carboxylic acids is 2. The number of alkyl halides is 6. The fourth-order valence-electron chi connectivity index (χ4n) is 6.30. The molecule has 1 heterocycles. The molecule has 1 aliphatic heterocycles. The highest BCUT2D eigenvalue weighted by molar-refractivity contribution is 6.31. The predicted octanol–water partition coefficient (Wildman–Crippen LogP) is 8.50. The Morgan fingerprint density at radius 1 is 0.944 bits per heavy atom. The molecule has 4 aromatic carbocycles. The quantitative estimate of drug-likeness (QED) is 0.150. The van der Waals surface area contributed by atoms with Crippen molar-refractivity contribution in [3.63, 3.8) is 0 Å². The standard InChI is InChI=1S/C40H40ClF6N3O4/c1-24-20-50(25(2)23-51)38(53)32-5-4-6-34(48-36(52)18-27-11-13-30(14-12-27)39(42,43)44)37(32)54-35(24)22-49(3)21-28-9-7-26(8-10-28)17-29-19-31(40(45,46)47)15-16-33(29)41/h4-16,19,24-25,35,51H,17-18,20-23H2,1-3H3,(H,48,52)/t24-,25+,35-/m1/s1. The minimum atomic E-state index is -4.51. The molecule has 0 aliphatic carbocycles. The number of amides is 2. The van der Waals surface area contributed by atoms with Crippen LogP contribution < -0.4 is 10.1 Å². The van der Waals surface area contributed by atoms with E-state index < -0.39 is 47.4 Å². The molecule has 0 spiro atoms. The molecule has 2 N–H and O–H groups in total. The van der Waals surface area contributed by atoms with E-state index in [0.29, 0.717) is 24.2 Å². The van der Waals surface area contributed by atoms with Gasteiger partial charge in [-0.2, -0.15) is 26.3 Å². The number of likely N-dealkylation sites (N-methyl/N-ethyl adjacent to an activating group) is 1. The van der Waals surface area contributed by atoms with Gasteiger partial charge in [-0.05, 0) is 85.1 Å². The van der Waals surface area contributed by atoms with E-state index in [1.54, 1.807) is 30.0 Å². The number of ether oxygens (including phenoxy) is 1. The molecule has 0 bridgehead atoms. The monoisotopic (exact) mass is 775 g/mol. The maximum atomic E-state index is 13.8. The predicted molar refractivity (Wildman–Crippen MR) is 193 cm³/mol. The third-order valence-electron chi connectivity index (χ3n) is 9.35. The third-order valence-corrected chi connectivity index (χ3v) is 9.71. The Morgan fingerprint density at radius 3 is 2.19 bits per heavy atom. The first kappa shape index (κ1) is 40.6. The second-order valence-corrected chi connectivity index (χ2v) is 14.1. The first-order chi connectivity index (χ1) is 25.4. The SMILES string of the molecule is C[C@@H]1CN([C@@H](C)CO)C(=O)c2cccc(NC(=O)Cc3ccc(C(F)(F)F)cc3)c2O[C@@H]1CN(C)Cc1ccc(Cc2cc(C(F)(F)F)ccc2Cl)cc1. The number of fused-ring (bicyclic) bond motifs is 1. The molecule has 2 amide bonds. The van der Waals surface area contributed by atoms with Crippen molar-refractivity contribution in [1.82, 2.24) is 9.80 Å². The van der Waals surface area contributed by atoms with Gasteiger partial charge in [-0.25, -0.2) is 0 Å². The van der Waals surface area contributed by atoms with Gasteiger partial charge in [0.1, 0.15) is 6.10 Å². The van der Waals surface area contributed by atoms with Crippen molar-refractivity contribution in [2.75, 3.05) is 32.1 Å². The van der Waals surface area contributed by atoms with E-state index in [-0.39, 0.29) is 53.9 Å². The number of benzene rings is 4. The number of nitrogens with one attached hydrogen (secondary N) is 1. The Kier molecular flexibility index (Phi) is 12.7. The van der Waals surface area contributed by atoms with E-state index >= 15 is 0 Å². The van der Waals surface area contributed by atoms with E-state index in [4.69, 9.17) is 16.3 Å². The molecular weight excluding hydrogens is 736 g/mol. The maximum Gasteiger partial charge on any atom is 0.416 e. The minimum Gasteiger partial charge on any atom is -0.486 e. The zero-order valence-electron chi connectivity index (χ0n) is 29.8. The first-order valence-electron chi connectivity index (χ1n) is 17.2. The minimum absolute atomic E-state index is 0.140. The highest BCUT2D eigenvalue weighted by Crippen LogP contribution is 2.36. The summed E-state index contributed by atoms with van der Waals surface area (Å²) in [5, 5.41) is 13.0. The van der Waals surface area contributed by atoms with E-state index in [0.717, 1.165) is 35.4 Å². The summed E-state index contributed by atoms with van der Waals surface area (Å²) in [7, 11) is 1.89. The fraction of sp³-hybridized carbons (Fsp3) is 0.350. The van der Waals surface area contributed by atoms with Gasteiger partial charge in [0.2, 0.25) is 5.91 Å². The molecule has 0 saturated carbocycles. The van der Waals surface area contributed by atoms with Crippen molar-refractivity contribution < 1.29 is 45.8 Å². The topological polar surface area (TPSA) is 82.1 Å². The van der Waals surface area contributed by atoms with Crippen molar-refractivity contribution in [2.24, 2.45) is 5.92 Å². The van der Waals surface area contributed by atoms with Crippen LogP contribution in [0.4, 0.5) is 32.0 Å². The zero-order chi connectivity index (χ0) is 39.4. The summed E-state index contributed by atoms with van der Waals surface area (Å²) in [5.41, 5.74) is 1.24. The van der Waals surface area contributed by atoms with Gasteiger partial charge in [-0.3, -0.25) is 14.5 Å². The molecule has 54 heavy (non-hydrogen) atoms. The number of anilines is 1. The first-order valence-corrected chi connectivity index (χ1v) is 17.6. The van der Waals surface area contributed by atoms with Gasteiger partial charge in [-0.15, -0.1) is 0 Å². The van der Waals surface area contributed by atoms with Gasteiger partial charge in [0.25, 0.3) is 5.91 Å². The number of carbonyl (C=O) groups is 2. The van der Waals surface area contributed by atoms with Gasteiger partial charge in [0, 0.05) is 30.6 Å². The van der Waals surface area contributed by atoms with Crippen LogP contribution in [-0.4, -0.2) is 65.6 Å². The summed E-state index contributed by atoms with van der Waals surface area (Å²) in [5.74, 6) is -1.02. The van der Waals surface area contributed by atoms with Crippen LogP contribution in [0.25, 0.3) is 0 Å². The largest absolute Gasteiger partial charge is 0.486 e. The fourth-order valence-corrected chi connectivity index (χ4v) is 6.49. The lowest BCUT2D eigenvalue weighted by atomic mass is 9.98. The lowest BCUT2D eigenvalue weighted by molar-refractivity contribution is -0.138. The number of hydrogen-bond acceptors (Lipinski definition) is 5. The summed E-state index contributed by atoms with van der Waals surface area (Å²) in [6.45, 7) is 4.51. The van der Waals surface area contributed by atoms with Crippen LogP contribution in [0.5, 0.6) is 5.75 Å². The van der Waals surface area contributed by atoms with Crippen molar-refractivity contribution in [3.8, 4) is 5.75 Å². The molecule has 3 atom stereocenters. The summed E-state index contributed by atoms with van der Waals surface area (Å²) < 4.78 is 85.5. The average molecular weight is 776 g/mol. The van der Waals surface area contributed by atoms with Crippen LogP contribution in [0.3, 0.4) is 0 Å². The highest BCUT2D eigenvalue weighted by Gasteiger charge is 2.35. The Morgan fingerprint density at radius 2 is 1.56 bits per heavy atom. The van der Waals surface area contributed by atoms with Gasteiger partial charge >= 0.3 is 12.4 Å². The molecule has 0 aromatic heterocycles. The van der Waals surface area contributed by atoms with E-state index in [1.165, 1.54) is 18.2 Å². The summed E-state index contributed by atoms with van der Waals surface area (Å²) in [4.78, 5) is 30.6. The number of rotatable bonds is 11. The molecule has 0 fully saturated rings. The summed E-state index contributed by atoms with van der Waals surface area (Å²) >= 11 is 6.21. The maximum absolute atomic E-state index is 13.8. The molecule has 7 nitrogen and oxygen atoms in total. The molecule has 4 aromatic rings. The molecule has 0 saturated heterocycles. The molecule has 5 rings (SSSR count). The van der Waals surface area contributed by atoms with E-state index in [1.807, 2.05) is 43.1 Å². The molecule has 1 aliphatic rings. The zero-order valence-corrected chi connectivity index (χ0v) is 30.5. The van der Waals surface area contributed by atoms with Crippen LogP contribution in [-0.2, 0) is 36.5 Å². The second-order valence-electron chi connectivity index (χ2n) is 13.7. The number of aliphatic hydroxyl groups is 1. The number of nitrogens with zero attached hydrogens (tertiary/aromatic N) is 2. The van der Waals surface area contributed by atoms with Gasteiger partial charge < -0.3 is 20.1 Å². The molecule has 0 unspecified atom stereocenters. The summed E-state index contributed by atoms with van der Waals surface area (Å²) in [6, 6.07) is 19.2. The van der Waals surface area contributed by atoms with Crippen LogP contribution in [0, 0.1) is 5.92 Å². The number of para-hydroxylation sites is 1. The smallest absolute Gasteiger partial charge is 0.416 e. The average Bonchev–Trinajstić information content (AvgIpc) is 3.10. The van der Waals surface area contributed by atoms with Gasteiger partial charge in [-0.1, -0.05) is 61.0 Å². The summed E-state index contributed by atoms with van der Waals surface area (Å²) in [6.07, 6.45) is -9.50. The Hall–Kier alpha value is -4.59. The molecular formula is C40H40ClF6N3O4. The van der Waals surface area contributed by atoms with Crippen LogP contribution in [0.15, 0.2) is 84.9 Å². The van der Waals surface area contributed by atoms with Crippen molar-refractivity contribution in [2.45, 2.75) is 57.7 Å². The van der Waals surface area contributed by atoms with Gasteiger partial charge in [0.05, 0.1) is 41.4 Å². The van der Waals surface area contributed by atoms with Crippen molar-refractivity contribution >= 4 is 29.1 Å². The number of aliphatic hydroxyl groups excluding tert-OH is 1. The lowest BCUT2D eigenvalue weighted by Gasteiger charge is -2.38. The van der Waals surface area contributed by atoms with E-state index in [9.17, 15) is 41.0 Å². The van der Waals surface area contributed by atoms with Crippen LogP contribution in [0.2, 0.25) is 5.02 Å². The third kappa shape index (κ3) is 10.1. The second kappa shape index (κ2) is 16.8. The lowest BCUT2D eigenvalue weighted by Crippen LogP contribution is -2.49. The highest BCUT2D eigenvalue weighted by atomic mass is 35.5.